The molecular weight excluding hydrogens is 210 g/mol. The van der Waals surface area contributed by atoms with Gasteiger partial charge in [-0.05, 0) is 28.8 Å². The minimum absolute atomic E-state index is 0.127. The van der Waals surface area contributed by atoms with Crippen LogP contribution in [0.5, 0.6) is 0 Å². The molecule has 0 unspecified atom stereocenters. The molecule has 0 bridgehead atoms. The predicted molar refractivity (Wildman–Crippen MR) is 58.4 cm³/mol. The van der Waals surface area contributed by atoms with Gasteiger partial charge in [0, 0.05) is 25.3 Å². The number of pyridine rings is 1. The predicted octanol–water partition coefficient (Wildman–Crippen LogP) is 1.58. The second-order valence-corrected chi connectivity index (χ2v) is 3.69. The average Bonchev–Trinajstić information content (AvgIpc) is 2.31. The highest BCUT2D eigenvalue weighted by Crippen LogP contribution is 2.16. The Bertz CT molecular complexity index is 360. The number of hydrogen-bond donors (Lipinski definition) is 1. The lowest BCUT2D eigenvalue weighted by molar-refractivity contribution is -0.389. The number of anilines is 1. The van der Waals surface area contributed by atoms with Crippen molar-refractivity contribution in [3.63, 3.8) is 0 Å². The first-order valence-electron chi connectivity index (χ1n) is 5.20. The minimum atomic E-state index is -0.502. The standard InChI is InChI=1S/C10H13N3O3/c14-13(15)10-2-1-9(7-11-10)12-8-3-5-16-6-4-8/h1-2,7-8,12H,3-6H2. The Morgan fingerprint density at radius 2 is 2.19 bits per heavy atom. The van der Waals surface area contributed by atoms with Crippen LogP contribution in [-0.2, 0) is 4.74 Å². The van der Waals surface area contributed by atoms with Crippen LogP contribution in [0.2, 0.25) is 0 Å². The molecule has 0 saturated carbocycles. The molecule has 1 aliphatic rings. The van der Waals surface area contributed by atoms with Gasteiger partial charge < -0.3 is 20.2 Å². The Balaban J connectivity index is 1.96. The first-order valence-corrected chi connectivity index (χ1v) is 5.20. The topological polar surface area (TPSA) is 77.3 Å². The lowest BCUT2D eigenvalue weighted by atomic mass is 10.1. The monoisotopic (exact) mass is 223 g/mol. The summed E-state index contributed by atoms with van der Waals surface area (Å²) in [4.78, 5) is 13.7. The van der Waals surface area contributed by atoms with Crippen molar-refractivity contribution in [1.29, 1.82) is 0 Å². The summed E-state index contributed by atoms with van der Waals surface area (Å²) < 4.78 is 5.24. The number of nitrogens with one attached hydrogen (secondary N) is 1. The molecule has 0 spiro atoms. The van der Waals surface area contributed by atoms with E-state index in [2.05, 4.69) is 10.3 Å². The normalized spacial score (nSPS) is 17.0. The maximum absolute atomic E-state index is 10.4. The highest BCUT2D eigenvalue weighted by molar-refractivity contribution is 5.44. The van der Waals surface area contributed by atoms with E-state index in [9.17, 15) is 10.1 Å². The zero-order valence-electron chi connectivity index (χ0n) is 8.76. The van der Waals surface area contributed by atoms with E-state index in [4.69, 9.17) is 4.74 Å². The fraction of sp³-hybridized carbons (Fsp3) is 0.500. The number of nitro groups is 1. The Hall–Kier alpha value is -1.69. The van der Waals surface area contributed by atoms with E-state index in [1.54, 1.807) is 6.07 Å². The third kappa shape index (κ3) is 2.66. The molecule has 86 valence electrons. The Morgan fingerprint density at radius 3 is 2.75 bits per heavy atom. The SMILES string of the molecule is O=[N+]([O-])c1ccc(NC2CCOCC2)cn1. The molecular formula is C10H13N3O3. The third-order valence-corrected chi connectivity index (χ3v) is 2.53. The summed E-state index contributed by atoms with van der Waals surface area (Å²) >= 11 is 0. The van der Waals surface area contributed by atoms with Crippen molar-refractivity contribution in [1.82, 2.24) is 4.98 Å². The quantitative estimate of drug-likeness (QED) is 0.621. The van der Waals surface area contributed by atoms with Crippen molar-refractivity contribution < 1.29 is 9.66 Å². The van der Waals surface area contributed by atoms with E-state index in [1.807, 2.05) is 0 Å². The Labute approximate surface area is 92.8 Å². The van der Waals surface area contributed by atoms with Gasteiger partial charge in [-0.2, -0.15) is 0 Å². The van der Waals surface area contributed by atoms with Crippen LogP contribution in [0.3, 0.4) is 0 Å². The molecule has 1 aromatic rings. The van der Waals surface area contributed by atoms with Crippen molar-refractivity contribution in [2.45, 2.75) is 18.9 Å². The van der Waals surface area contributed by atoms with Gasteiger partial charge in [0.1, 0.15) is 0 Å². The van der Waals surface area contributed by atoms with Gasteiger partial charge in [0.2, 0.25) is 0 Å². The molecule has 1 aliphatic heterocycles. The Kier molecular flexibility index (Phi) is 3.31. The van der Waals surface area contributed by atoms with Crippen LogP contribution in [0.1, 0.15) is 12.8 Å². The van der Waals surface area contributed by atoms with Gasteiger partial charge in [0.15, 0.2) is 6.20 Å². The fourth-order valence-electron chi connectivity index (χ4n) is 1.66. The maximum Gasteiger partial charge on any atom is 0.363 e. The van der Waals surface area contributed by atoms with E-state index in [0.29, 0.717) is 6.04 Å². The first kappa shape index (κ1) is 10.8. The van der Waals surface area contributed by atoms with E-state index < -0.39 is 4.92 Å². The highest BCUT2D eigenvalue weighted by Gasteiger charge is 2.14. The van der Waals surface area contributed by atoms with E-state index in [1.165, 1.54) is 12.3 Å². The molecule has 1 fully saturated rings. The second-order valence-electron chi connectivity index (χ2n) is 3.69. The van der Waals surface area contributed by atoms with Crippen molar-refractivity contribution in [3.8, 4) is 0 Å². The molecule has 1 saturated heterocycles. The maximum atomic E-state index is 10.4. The molecule has 2 rings (SSSR count). The summed E-state index contributed by atoms with van der Waals surface area (Å²) in [5.41, 5.74) is 0.817. The summed E-state index contributed by atoms with van der Waals surface area (Å²) in [7, 11) is 0. The molecule has 16 heavy (non-hydrogen) atoms. The van der Waals surface area contributed by atoms with Crippen LogP contribution >= 0.6 is 0 Å². The Morgan fingerprint density at radius 1 is 1.44 bits per heavy atom. The van der Waals surface area contributed by atoms with Gasteiger partial charge in [0.05, 0.1) is 5.69 Å². The minimum Gasteiger partial charge on any atom is -0.381 e. The average molecular weight is 223 g/mol. The van der Waals surface area contributed by atoms with Crippen molar-refractivity contribution >= 4 is 11.5 Å². The molecule has 0 radical (unpaired) electrons. The number of rotatable bonds is 3. The van der Waals surface area contributed by atoms with Crippen LogP contribution in [-0.4, -0.2) is 29.2 Å². The van der Waals surface area contributed by atoms with Crippen LogP contribution in [0.25, 0.3) is 0 Å². The molecule has 0 aliphatic carbocycles. The number of aromatic nitrogens is 1. The second kappa shape index (κ2) is 4.89. The van der Waals surface area contributed by atoms with Crippen molar-refractivity contribution in [2.75, 3.05) is 18.5 Å². The van der Waals surface area contributed by atoms with Gasteiger partial charge in [-0.15, -0.1) is 0 Å². The molecule has 6 nitrogen and oxygen atoms in total. The smallest absolute Gasteiger partial charge is 0.363 e. The van der Waals surface area contributed by atoms with Gasteiger partial charge in [-0.25, -0.2) is 0 Å². The molecule has 2 heterocycles. The summed E-state index contributed by atoms with van der Waals surface area (Å²) in [5, 5.41) is 13.7. The van der Waals surface area contributed by atoms with Gasteiger partial charge >= 0.3 is 5.82 Å². The molecule has 0 amide bonds. The fourth-order valence-corrected chi connectivity index (χ4v) is 1.66. The molecule has 0 aromatic carbocycles. The highest BCUT2D eigenvalue weighted by atomic mass is 16.6. The number of hydrogen-bond acceptors (Lipinski definition) is 5. The molecule has 0 atom stereocenters. The van der Waals surface area contributed by atoms with Crippen molar-refractivity contribution in [2.24, 2.45) is 0 Å². The summed E-state index contributed by atoms with van der Waals surface area (Å²) in [6.45, 7) is 1.52. The largest absolute Gasteiger partial charge is 0.381 e. The van der Waals surface area contributed by atoms with Gasteiger partial charge in [0.25, 0.3) is 0 Å². The zero-order valence-corrected chi connectivity index (χ0v) is 8.76. The first-order chi connectivity index (χ1) is 7.75. The lowest BCUT2D eigenvalue weighted by Gasteiger charge is -2.23. The molecule has 1 N–H and O–H groups in total. The van der Waals surface area contributed by atoms with Crippen LogP contribution in [0.4, 0.5) is 11.5 Å². The number of ether oxygens (including phenoxy) is 1. The van der Waals surface area contributed by atoms with Crippen LogP contribution in [0, 0.1) is 10.1 Å². The van der Waals surface area contributed by atoms with Crippen LogP contribution in [0.15, 0.2) is 18.3 Å². The lowest BCUT2D eigenvalue weighted by Crippen LogP contribution is -2.27. The summed E-state index contributed by atoms with van der Waals surface area (Å²) in [5.74, 6) is -0.127. The molecule has 1 aromatic heterocycles. The van der Waals surface area contributed by atoms with Gasteiger partial charge in [-0.1, -0.05) is 0 Å². The van der Waals surface area contributed by atoms with Crippen molar-refractivity contribution in [3.05, 3.63) is 28.4 Å². The van der Waals surface area contributed by atoms with E-state index in [0.717, 1.165) is 31.7 Å². The number of nitrogens with zero attached hydrogens (tertiary/aromatic N) is 2. The summed E-state index contributed by atoms with van der Waals surface area (Å²) in [6.07, 6.45) is 3.40. The molecule has 6 heteroatoms. The van der Waals surface area contributed by atoms with Gasteiger partial charge in [-0.3, -0.25) is 0 Å². The summed E-state index contributed by atoms with van der Waals surface area (Å²) in [6, 6.07) is 3.46. The van der Waals surface area contributed by atoms with E-state index >= 15 is 0 Å². The third-order valence-electron chi connectivity index (χ3n) is 2.53. The van der Waals surface area contributed by atoms with Crippen LogP contribution < -0.4 is 5.32 Å². The zero-order chi connectivity index (χ0) is 11.4. The van der Waals surface area contributed by atoms with E-state index in [-0.39, 0.29) is 5.82 Å².